The number of rotatable bonds is 6. The quantitative estimate of drug-likeness (QED) is 0.396. The number of sulfonamides is 1. The fraction of sp³-hybridized carbons (Fsp3) is 0.0952. The zero-order valence-corrected chi connectivity index (χ0v) is 17.8. The van der Waals surface area contributed by atoms with Crippen molar-refractivity contribution in [3.8, 4) is 11.3 Å². The van der Waals surface area contributed by atoms with Crippen molar-refractivity contribution in [3.05, 3.63) is 72.9 Å². The molecule has 2 aromatic carbocycles. The number of nitrogens with one attached hydrogen (secondary N) is 2. The number of nitrogens with zero attached hydrogens (tertiary/aromatic N) is 4. The zero-order chi connectivity index (χ0) is 22.0. The monoisotopic (exact) mass is 435 g/mol. The van der Waals surface area contributed by atoms with E-state index in [9.17, 15) is 8.42 Å². The van der Waals surface area contributed by atoms with Gasteiger partial charge in [-0.05, 0) is 36.8 Å². The van der Waals surface area contributed by atoms with Gasteiger partial charge in [0.2, 0.25) is 0 Å². The summed E-state index contributed by atoms with van der Waals surface area (Å²) in [6, 6.07) is 14.6. The summed E-state index contributed by atoms with van der Waals surface area (Å²) in [5.41, 5.74) is 9.98. The Morgan fingerprint density at radius 2 is 1.87 bits per heavy atom. The molecule has 4 rings (SSSR count). The van der Waals surface area contributed by atoms with Gasteiger partial charge < -0.3 is 15.6 Å². The van der Waals surface area contributed by atoms with Crippen LogP contribution >= 0.6 is 0 Å². The minimum Gasteiger partial charge on any atom is -0.399 e. The summed E-state index contributed by atoms with van der Waals surface area (Å²) in [5.74, 6) is 0.565. The highest BCUT2D eigenvalue weighted by Gasteiger charge is 2.18. The second kappa shape index (κ2) is 8.07. The van der Waals surface area contributed by atoms with Gasteiger partial charge in [0.05, 0.1) is 17.7 Å². The van der Waals surface area contributed by atoms with Crippen LogP contribution in [0.1, 0.15) is 5.56 Å². The van der Waals surface area contributed by atoms with Crippen LogP contribution in [-0.4, -0.2) is 27.9 Å². The molecule has 4 N–H and O–H groups in total. The molecule has 9 nitrogen and oxygen atoms in total. The van der Waals surface area contributed by atoms with Crippen molar-refractivity contribution in [1.82, 2.24) is 19.5 Å². The number of anilines is 4. The Morgan fingerprint density at radius 1 is 1.03 bits per heavy atom. The minimum absolute atomic E-state index is 0.0460. The van der Waals surface area contributed by atoms with Crippen LogP contribution in [0.15, 0.2) is 72.4 Å². The van der Waals surface area contributed by atoms with Crippen molar-refractivity contribution in [2.45, 2.75) is 11.9 Å². The van der Waals surface area contributed by atoms with Crippen LogP contribution in [0, 0.1) is 6.92 Å². The highest BCUT2D eigenvalue weighted by atomic mass is 32.2. The van der Waals surface area contributed by atoms with E-state index in [2.05, 4.69) is 25.0 Å². The van der Waals surface area contributed by atoms with Gasteiger partial charge in [0.25, 0.3) is 10.0 Å². The molecule has 0 atom stereocenters. The van der Waals surface area contributed by atoms with Gasteiger partial charge in [-0.15, -0.1) is 0 Å². The summed E-state index contributed by atoms with van der Waals surface area (Å²) >= 11 is 0. The molecule has 0 amide bonds. The van der Waals surface area contributed by atoms with Crippen molar-refractivity contribution in [2.75, 3.05) is 15.8 Å². The lowest BCUT2D eigenvalue weighted by Crippen LogP contribution is -2.14. The third-order valence-electron chi connectivity index (χ3n) is 4.56. The van der Waals surface area contributed by atoms with Crippen LogP contribution in [0.2, 0.25) is 0 Å². The lowest BCUT2D eigenvalue weighted by molar-refractivity contribution is 0.598. The highest BCUT2D eigenvalue weighted by Crippen LogP contribution is 2.26. The number of aromatic nitrogens is 4. The molecule has 0 aliphatic carbocycles. The van der Waals surface area contributed by atoms with Gasteiger partial charge in [0.1, 0.15) is 12.1 Å². The van der Waals surface area contributed by atoms with Crippen molar-refractivity contribution >= 4 is 32.9 Å². The Bertz CT molecular complexity index is 1350. The van der Waals surface area contributed by atoms with Gasteiger partial charge in [-0.3, -0.25) is 4.72 Å². The van der Waals surface area contributed by atoms with Crippen molar-refractivity contribution in [3.63, 3.8) is 0 Å². The average Bonchev–Trinajstić information content (AvgIpc) is 3.18. The maximum absolute atomic E-state index is 12.6. The Hall–Kier alpha value is -3.92. The number of nitrogen functional groups attached to an aromatic ring is 1. The molecule has 31 heavy (non-hydrogen) atoms. The Morgan fingerprint density at radius 3 is 2.61 bits per heavy atom. The summed E-state index contributed by atoms with van der Waals surface area (Å²) in [6.07, 6.45) is 4.34. The molecular formula is C21H21N7O2S. The molecule has 158 valence electrons. The van der Waals surface area contributed by atoms with Gasteiger partial charge >= 0.3 is 0 Å². The van der Waals surface area contributed by atoms with Crippen molar-refractivity contribution in [1.29, 1.82) is 0 Å². The van der Waals surface area contributed by atoms with Crippen molar-refractivity contribution in [2.24, 2.45) is 7.05 Å². The fourth-order valence-electron chi connectivity index (χ4n) is 2.96. The second-order valence-electron chi connectivity index (χ2n) is 7.05. The molecule has 0 unspecified atom stereocenters. The molecule has 2 heterocycles. The van der Waals surface area contributed by atoms with Crippen LogP contribution in [0.4, 0.5) is 22.9 Å². The van der Waals surface area contributed by atoms with E-state index in [-0.39, 0.29) is 5.03 Å². The Balaban J connectivity index is 1.59. The largest absolute Gasteiger partial charge is 0.399 e. The molecule has 0 saturated heterocycles. The Kier molecular flexibility index (Phi) is 5.30. The number of benzene rings is 2. The molecule has 0 spiro atoms. The predicted octanol–water partition coefficient (Wildman–Crippen LogP) is 3.31. The molecule has 0 aliphatic heterocycles. The highest BCUT2D eigenvalue weighted by molar-refractivity contribution is 7.92. The summed E-state index contributed by atoms with van der Waals surface area (Å²) in [7, 11) is -2.09. The van der Waals surface area contributed by atoms with Gasteiger partial charge in [-0.1, -0.05) is 18.2 Å². The van der Waals surface area contributed by atoms with Crippen molar-refractivity contribution < 1.29 is 8.42 Å². The number of imidazole rings is 1. The van der Waals surface area contributed by atoms with Crippen LogP contribution in [0.3, 0.4) is 0 Å². The van der Waals surface area contributed by atoms with E-state index in [4.69, 9.17) is 5.73 Å². The second-order valence-corrected chi connectivity index (χ2v) is 8.68. The van der Waals surface area contributed by atoms with E-state index in [1.54, 1.807) is 23.7 Å². The number of nitrogens with two attached hydrogens (primary N) is 1. The standard InChI is InChI=1S/C21H21N7O2S/c1-14-6-7-17(9-18(14)27-31(29,30)21-11-28(2)13-25-21)26-20-10-19(23-12-24-20)15-4-3-5-16(22)8-15/h3-13,27H,22H2,1-2H3,(H,23,24,26). The van der Waals surface area contributed by atoms with E-state index < -0.39 is 10.0 Å². The zero-order valence-electron chi connectivity index (χ0n) is 16.9. The van der Waals surface area contributed by atoms with E-state index in [0.29, 0.717) is 28.6 Å². The number of hydrogen-bond acceptors (Lipinski definition) is 7. The van der Waals surface area contributed by atoms with Gasteiger partial charge in [-0.2, -0.15) is 8.42 Å². The van der Waals surface area contributed by atoms with E-state index in [0.717, 1.165) is 11.1 Å². The van der Waals surface area contributed by atoms with Crippen LogP contribution in [0.5, 0.6) is 0 Å². The lowest BCUT2D eigenvalue weighted by atomic mass is 10.1. The minimum atomic E-state index is -3.80. The molecular weight excluding hydrogens is 414 g/mol. The summed E-state index contributed by atoms with van der Waals surface area (Å²) in [6.45, 7) is 1.82. The Labute approximate surface area is 180 Å². The molecule has 2 aromatic heterocycles. The molecule has 4 aromatic rings. The van der Waals surface area contributed by atoms with Gasteiger partial charge in [0, 0.05) is 36.2 Å². The van der Waals surface area contributed by atoms with Gasteiger partial charge in [0.15, 0.2) is 5.03 Å². The first-order valence-corrected chi connectivity index (χ1v) is 10.8. The SMILES string of the molecule is Cc1ccc(Nc2cc(-c3cccc(N)c3)ncn2)cc1NS(=O)(=O)c1cn(C)cn1. The first-order chi connectivity index (χ1) is 14.8. The van der Waals surface area contributed by atoms with E-state index in [1.807, 2.05) is 43.3 Å². The maximum Gasteiger partial charge on any atom is 0.280 e. The summed E-state index contributed by atoms with van der Waals surface area (Å²) in [5, 5.41) is 3.14. The molecule has 0 radical (unpaired) electrons. The van der Waals surface area contributed by atoms with Crippen LogP contribution < -0.4 is 15.8 Å². The first kappa shape index (κ1) is 20.4. The molecule has 0 bridgehead atoms. The summed E-state index contributed by atoms with van der Waals surface area (Å²) in [4.78, 5) is 12.5. The normalized spacial score (nSPS) is 11.3. The third-order valence-corrected chi connectivity index (χ3v) is 5.81. The van der Waals surface area contributed by atoms with E-state index >= 15 is 0 Å². The number of aryl methyl sites for hydroxylation is 2. The fourth-order valence-corrected chi connectivity index (χ4v) is 4.07. The predicted molar refractivity (Wildman–Crippen MR) is 120 cm³/mol. The molecule has 0 saturated carbocycles. The van der Waals surface area contributed by atoms with Crippen LogP contribution in [0.25, 0.3) is 11.3 Å². The summed E-state index contributed by atoms with van der Waals surface area (Å²) < 4.78 is 29.4. The van der Waals surface area contributed by atoms with E-state index in [1.165, 1.54) is 18.9 Å². The van der Waals surface area contributed by atoms with Gasteiger partial charge in [-0.25, -0.2) is 15.0 Å². The molecule has 0 fully saturated rings. The number of hydrogen-bond donors (Lipinski definition) is 3. The third kappa shape index (κ3) is 4.64. The maximum atomic E-state index is 12.6. The lowest BCUT2D eigenvalue weighted by Gasteiger charge is -2.12. The van der Waals surface area contributed by atoms with Crippen LogP contribution in [-0.2, 0) is 17.1 Å². The molecule has 0 aliphatic rings. The topological polar surface area (TPSA) is 128 Å². The molecule has 10 heteroatoms. The smallest absolute Gasteiger partial charge is 0.280 e. The average molecular weight is 436 g/mol. The first-order valence-electron chi connectivity index (χ1n) is 9.36.